The van der Waals surface area contributed by atoms with Gasteiger partial charge in [0.2, 0.25) is 0 Å². The maximum absolute atomic E-state index is 12.9. The van der Waals surface area contributed by atoms with Gasteiger partial charge < -0.3 is 29.6 Å². The van der Waals surface area contributed by atoms with Crippen LogP contribution in [-0.2, 0) is 0 Å². The van der Waals surface area contributed by atoms with Crippen molar-refractivity contribution in [2.24, 2.45) is 0 Å². The number of pyridine rings is 2. The lowest BCUT2D eigenvalue weighted by Crippen LogP contribution is -2.17. The Morgan fingerprint density at radius 1 is 0.974 bits per heavy atom. The largest absolute Gasteiger partial charge is 0.493 e. The quantitative estimate of drug-likeness (QED) is 0.196. The van der Waals surface area contributed by atoms with Gasteiger partial charge in [0.05, 0.1) is 31.4 Å². The molecule has 2 heterocycles. The molecule has 2 atom stereocenters. The van der Waals surface area contributed by atoms with Crippen LogP contribution in [0.15, 0.2) is 55.0 Å². The molecule has 39 heavy (non-hydrogen) atoms. The molecular weight excluding hydrogens is 534 g/mol. The van der Waals surface area contributed by atoms with E-state index < -0.39 is 0 Å². The molecule has 0 bridgehead atoms. The summed E-state index contributed by atoms with van der Waals surface area (Å²) in [7, 11) is 8.85. The molecule has 0 spiro atoms. The van der Waals surface area contributed by atoms with Gasteiger partial charge in [-0.3, -0.25) is 14.8 Å². The molecule has 11 heteroatoms. The smallest absolute Gasteiger partial charge is 0.261 e. The summed E-state index contributed by atoms with van der Waals surface area (Å²) in [6, 6.07) is 10.8. The highest BCUT2D eigenvalue weighted by Crippen LogP contribution is 2.37. The van der Waals surface area contributed by atoms with Crippen LogP contribution >= 0.6 is 18.5 Å². The first-order valence-corrected chi connectivity index (χ1v) is 13.6. The summed E-state index contributed by atoms with van der Waals surface area (Å²) in [6.07, 6.45) is 5.64. The second-order valence-electron chi connectivity index (χ2n) is 8.48. The predicted octanol–water partition coefficient (Wildman–Crippen LogP) is 4.07. The number of aromatic nitrogens is 2. The summed E-state index contributed by atoms with van der Waals surface area (Å²) < 4.78 is 23.5. The number of ether oxygens (including phenoxy) is 4. The molecular formula is C28H32N4O5P2. The topological polar surface area (TPSA) is 104 Å². The number of nitrogens with one attached hydrogen (secondary N) is 2. The van der Waals surface area contributed by atoms with Crippen LogP contribution < -0.4 is 40.2 Å². The van der Waals surface area contributed by atoms with Crippen molar-refractivity contribution in [1.82, 2.24) is 15.3 Å². The Morgan fingerprint density at radius 3 is 2.46 bits per heavy atom. The number of benzene rings is 2. The molecule has 0 radical (unpaired) electrons. The highest BCUT2D eigenvalue weighted by Gasteiger charge is 2.17. The average molecular weight is 567 g/mol. The number of hydrogen-bond acceptors (Lipinski definition) is 8. The van der Waals surface area contributed by atoms with Crippen LogP contribution in [0.5, 0.6) is 28.7 Å². The number of fused-ring (bicyclic) bond motifs is 1. The van der Waals surface area contributed by atoms with Gasteiger partial charge in [-0.2, -0.15) is 0 Å². The Labute approximate surface area is 232 Å². The number of hydrogen-bond donors (Lipinski definition) is 2. The van der Waals surface area contributed by atoms with E-state index in [2.05, 4.69) is 39.1 Å². The molecule has 2 N–H and O–H groups in total. The van der Waals surface area contributed by atoms with E-state index in [4.69, 9.17) is 18.9 Å². The van der Waals surface area contributed by atoms with Crippen molar-refractivity contribution < 1.29 is 23.7 Å². The van der Waals surface area contributed by atoms with Crippen LogP contribution in [0.1, 0.15) is 23.7 Å². The van der Waals surface area contributed by atoms with Crippen molar-refractivity contribution >= 4 is 51.6 Å². The third-order valence-corrected chi connectivity index (χ3v) is 6.62. The summed E-state index contributed by atoms with van der Waals surface area (Å²) in [6.45, 7) is 3.73. The Balaban J connectivity index is 1.58. The van der Waals surface area contributed by atoms with Gasteiger partial charge in [-0.1, -0.05) is 0 Å². The summed E-state index contributed by atoms with van der Waals surface area (Å²) in [5.74, 6) is 2.63. The summed E-state index contributed by atoms with van der Waals surface area (Å²) >= 11 is 0. The molecule has 204 valence electrons. The number of anilines is 1. The number of nitrogens with zero attached hydrogens (tertiary/aromatic N) is 2. The van der Waals surface area contributed by atoms with E-state index in [9.17, 15) is 4.79 Å². The molecule has 4 rings (SSSR count). The molecule has 0 aliphatic carbocycles. The third kappa shape index (κ3) is 6.93. The molecule has 0 saturated heterocycles. The molecule has 0 saturated carbocycles. The Bertz CT molecular complexity index is 1440. The third-order valence-electron chi connectivity index (χ3n) is 5.76. The monoisotopic (exact) mass is 566 g/mol. The van der Waals surface area contributed by atoms with Crippen LogP contribution in [0, 0.1) is 0 Å². The minimum atomic E-state index is -0.315. The van der Waals surface area contributed by atoms with E-state index in [0.717, 1.165) is 34.5 Å². The molecule has 0 fully saturated rings. The van der Waals surface area contributed by atoms with E-state index in [-0.39, 0.29) is 5.91 Å². The molecule has 0 aliphatic heterocycles. The van der Waals surface area contributed by atoms with Gasteiger partial charge in [-0.05, 0) is 57.3 Å². The lowest BCUT2D eigenvalue weighted by molar-refractivity contribution is 0.102. The van der Waals surface area contributed by atoms with Crippen molar-refractivity contribution in [2.75, 3.05) is 39.2 Å². The fraction of sp³-hybridized carbons (Fsp3) is 0.250. The van der Waals surface area contributed by atoms with Crippen molar-refractivity contribution in [1.29, 1.82) is 0 Å². The minimum Gasteiger partial charge on any atom is -0.493 e. The average Bonchev–Trinajstić information content (AvgIpc) is 2.93. The van der Waals surface area contributed by atoms with Gasteiger partial charge in [-0.15, -0.1) is 18.5 Å². The maximum Gasteiger partial charge on any atom is 0.261 e. The minimum absolute atomic E-state index is 0.315. The van der Waals surface area contributed by atoms with Gasteiger partial charge in [0.1, 0.15) is 17.2 Å². The SMILES string of the molecule is CCOc1ccncc1C(=O)Nc1cc(P)c(Oc2ccnc3cc(OCCCNC)c(OC)cc23)c(P)c1. The number of amides is 1. The van der Waals surface area contributed by atoms with E-state index in [0.29, 0.717) is 53.2 Å². The Hall–Kier alpha value is -3.51. The second-order valence-corrected chi connectivity index (χ2v) is 9.72. The van der Waals surface area contributed by atoms with Gasteiger partial charge in [0, 0.05) is 46.3 Å². The fourth-order valence-electron chi connectivity index (χ4n) is 3.93. The number of rotatable bonds is 12. The normalized spacial score (nSPS) is 10.8. The van der Waals surface area contributed by atoms with E-state index in [1.165, 1.54) is 6.20 Å². The van der Waals surface area contributed by atoms with Gasteiger partial charge >= 0.3 is 0 Å². The van der Waals surface area contributed by atoms with Crippen LogP contribution in [0.3, 0.4) is 0 Å². The Morgan fingerprint density at radius 2 is 1.74 bits per heavy atom. The molecule has 2 aromatic carbocycles. The fourth-order valence-corrected chi connectivity index (χ4v) is 4.90. The van der Waals surface area contributed by atoms with Gasteiger partial charge in [0.15, 0.2) is 11.5 Å². The Kier molecular flexibility index (Phi) is 9.88. The highest BCUT2D eigenvalue weighted by molar-refractivity contribution is 7.30. The first kappa shape index (κ1) is 28.5. The van der Waals surface area contributed by atoms with Crippen LogP contribution in [-0.4, -0.2) is 49.8 Å². The van der Waals surface area contributed by atoms with Crippen LogP contribution in [0.2, 0.25) is 0 Å². The molecule has 4 aromatic rings. The first-order valence-electron chi connectivity index (χ1n) is 12.4. The van der Waals surface area contributed by atoms with E-state index >= 15 is 0 Å². The standard InChI is InChI=1S/C28H32N4O5P2/c1-4-35-21-6-9-30-16-19(21)28(33)32-17-12-25(38)27(26(39)13-17)37-22-7-10-31-20-15-24(36-11-5-8-29-2)23(34-3)14-18(20)22/h6-7,9-10,12-16,29H,4-5,8,11,38-39H2,1-3H3,(H,32,33). The van der Waals surface area contributed by atoms with Gasteiger partial charge in [0.25, 0.3) is 5.91 Å². The zero-order valence-electron chi connectivity index (χ0n) is 22.1. The molecule has 1 amide bonds. The zero-order chi connectivity index (χ0) is 27.8. The highest BCUT2D eigenvalue weighted by atomic mass is 31.0. The van der Waals surface area contributed by atoms with Crippen LogP contribution in [0.4, 0.5) is 5.69 Å². The van der Waals surface area contributed by atoms with E-state index in [1.54, 1.807) is 31.6 Å². The zero-order valence-corrected chi connectivity index (χ0v) is 24.4. The lowest BCUT2D eigenvalue weighted by Gasteiger charge is -2.17. The van der Waals surface area contributed by atoms with Crippen molar-refractivity contribution in [3.63, 3.8) is 0 Å². The molecule has 2 unspecified atom stereocenters. The summed E-state index contributed by atoms with van der Waals surface area (Å²) in [5.41, 5.74) is 1.69. The van der Waals surface area contributed by atoms with Crippen LogP contribution in [0.25, 0.3) is 10.9 Å². The van der Waals surface area contributed by atoms with Crippen molar-refractivity contribution in [3.05, 3.63) is 60.6 Å². The first-order chi connectivity index (χ1) is 18.9. The number of carbonyl (C=O) groups is 1. The predicted molar refractivity (Wildman–Crippen MR) is 161 cm³/mol. The lowest BCUT2D eigenvalue weighted by atomic mass is 10.1. The second kappa shape index (κ2) is 13.5. The molecule has 2 aromatic heterocycles. The van der Waals surface area contributed by atoms with Gasteiger partial charge in [-0.25, -0.2) is 0 Å². The van der Waals surface area contributed by atoms with Crippen molar-refractivity contribution in [3.8, 4) is 28.7 Å². The number of carbonyl (C=O) groups excluding carboxylic acids is 1. The van der Waals surface area contributed by atoms with Crippen molar-refractivity contribution in [2.45, 2.75) is 13.3 Å². The van der Waals surface area contributed by atoms with E-state index in [1.807, 2.05) is 38.2 Å². The number of methoxy groups -OCH3 is 1. The maximum atomic E-state index is 12.9. The molecule has 0 aliphatic rings. The summed E-state index contributed by atoms with van der Waals surface area (Å²) in [5, 5.41) is 8.33. The summed E-state index contributed by atoms with van der Waals surface area (Å²) in [4.78, 5) is 21.5. The molecule has 9 nitrogen and oxygen atoms in total.